The van der Waals surface area contributed by atoms with E-state index in [0.717, 1.165) is 12.8 Å². The molecule has 0 unspecified atom stereocenters. The second kappa shape index (κ2) is 11.2. The molecule has 0 spiro atoms. The second-order valence-corrected chi connectivity index (χ2v) is 3.82. The summed E-state index contributed by atoms with van der Waals surface area (Å²) in [5.74, 6) is 0.0238. The first kappa shape index (κ1) is 14.1. The lowest BCUT2D eigenvalue weighted by atomic mass is 10.1. The van der Waals surface area contributed by atoms with Crippen molar-refractivity contribution in [1.29, 1.82) is 0 Å². The molecule has 0 saturated heterocycles. The summed E-state index contributed by atoms with van der Waals surface area (Å²) < 4.78 is 4.38. The quantitative estimate of drug-likeness (QED) is 0.392. The molecular weight excluding hydrogens is 192 g/mol. The third kappa shape index (κ3) is 11.1. The fourth-order valence-electron chi connectivity index (χ4n) is 1.48. The molecule has 0 aliphatic heterocycles. The van der Waals surface area contributed by atoms with E-state index in [2.05, 4.69) is 11.7 Å². The Labute approximate surface area is 92.2 Å². The zero-order valence-electron chi connectivity index (χ0n) is 9.67. The van der Waals surface area contributed by atoms with Gasteiger partial charge in [0.1, 0.15) is 6.61 Å². The summed E-state index contributed by atoms with van der Waals surface area (Å²) in [5.41, 5.74) is 0. The number of rotatable bonds is 11. The van der Waals surface area contributed by atoms with Crippen LogP contribution in [0.5, 0.6) is 0 Å². The minimum atomic E-state index is -0.0562. The van der Waals surface area contributed by atoms with Crippen LogP contribution in [0.15, 0.2) is 0 Å². The predicted molar refractivity (Wildman–Crippen MR) is 59.6 cm³/mol. The molecule has 0 fully saturated rings. The van der Waals surface area contributed by atoms with Crippen LogP contribution in [0.2, 0.25) is 0 Å². The maximum atomic E-state index is 11.1. The van der Waals surface area contributed by atoms with E-state index in [0.29, 0.717) is 12.9 Å². The first-order valence-corrected chi connectivity index (χ1v) is 5.88. The standard InChI is InChI=1S/C12H22O3/c1-2-3-4-5-6-7-8-9-12(14)10-15-11-13/h11H,2-10H2,1H3. The van der Waals surface area contributed by atoms with Crippen molar-refractivity contribution >= 4 is 12.3 Å². The largest absolute Gasteiger partial charge is 0.460 e. The third-order valence-corrected chi connectivity index (χ3v) is 2.37. The molecule has 0 N–H and O–H groups in total. The van der Waals surface area contributed by atoms with Crippen molar-refractivity contribution < 1.29 is 14.3 Å². The Morgan fingerprint density at radius 3 is 2.27 bits per heavy atom. The number of ketones is 1. The van der Waals surface area contributed by atoms with Crippen molar-refractivity contribution in [2.24, 2.45) is 0 Å². The molecule has 0 rings (SSSR count). The van der Waals surface area contributed by atoms with Crippen LogP contribution in [-0.4, -0.2) is 18.9 Å². The molecule has 3 heteroatoms. The average molecular weight is 214 g/mol. The van der Waals surface area contributed by atoms with Crippen LogP contribution < -0.4 is 0 Å². The van der Waals surface area contributed by atoms with Gasteiger partial charge in [0.25, 0.3) is 6.47 Å². The summed E-state index contributed by atoms with van der Waals surface area (Å²) in [4.78, 5) is 20.9. The minimum Gasteiger partial charge on any atom is -0.460 e. The molecule has 0 aromatic rings. The summed E-state index contributed by atoms with van der Waals surface area (Å²) in [6.07, 6.45) is 8.94. The highest BCUT2D eigenvalue weighted by Gasteiger charge is 2.01. The highest BCUT2D eigenvalue weighted by molar-refractivity contribution is 5.80. The number of hydrogen-bond acceptors (Lipinski definition) is 3. The van der Waals surface area contributed by atoms with Crippen molar-refractivity contribution in [2.75, 3.05) is 6.61 Å². The van der Waals surface area contributed by atoms with E-state index in [1.54, 1.807) is 0 Å². The Balaban J connectivity index is 3.09. The van der Waals surface area contributed by atoms with Gasteiger partial charge in [-0.15, -0.1) is 0 Å². The van der Waals surface area contributed by atoms with Gasteiger partial charge in [-0.3, -0.25) is 9.59 Å². The van der Waals surface area contributed by atoms with Gasteiger partial charge in [0, 0.05) is 6.42 Å². The first-order valence-electron chi connectivity index (χ1n) is 5.88. The Morgan fingerprint density at radius 2 is 1.67 bits per heavy atom. The lowest BCUT2D eigenvalue weighted by molar-refractivity contribution is -0.136. The number of unbranched alkanes of at least 4 members (excludes halogenated alkanes) is 6. The van der Waals surface area contributed by atoms with Gasteiger partial charge in [-0.25, -0.2) is 0 Å². The molecule has 0 heterocycles. The fraction of sp³-hybridized carbons (Fsp3) is 0.833. The summed E-state index contributed by atoms with van der Waals surface area (Å²) in [5, 5.41) is 0. The molecule has 0 bridgehead atoms. The first-order chi connectivity index (χ1) is 7.31. The molecule has 0 aromatic heterocycles. The molecule has 88 valence electrons. The molecule has 0 aliphatic carbocycles. The molecule has 3 nitrogen and oxygen atoms in total. The minimum absolute atomic E-state index is 0.0238. The van der Waals surface area contributed by atoms with Crippen molar-refractivity contribution in [3.05, 3.63) is 0 Å². The molecule has 15 heavy (non-hydrogen) atoms. The van der Waals surface area contributed by atoms with E-state index >= 15 is 0 Å². The lowest BCUT2D eigenvalue weighted by Gasteiger charge is -2.00. The van der Waals surface area contributed by atoms with Gasteiger partial charge in [0.05, 0.1) is 0 Å². The monoisotopic (exact) mass is 214 g/mol. The number of hydrogen-bond donors (Lipinski definition) is 0. The zero-order valence-corrected chi connectivity index (χ0v) is 9.67. The van der Waals surface area contributed by atoms with Gasteiger partial charge < -0.3 is 4.74 Å². The van der Waals surface area contributed by atoms with Gasteiger partial charge in [0.15, 0.2) is 5.78 Å². The maximum absolute atomic E-state index is 11.1. The maximum Gasteiger partial charge on any atom is 0.293 e. The number of Topliss-reactive ketones (excluding diaryl/α,β-unsaturated/α-hetero) is 1. The third-order valence-electron chi connectivity index (χ3n) is 2.37. The fourth-order valence-corrected chi connectivity index (χ4v) is 1.48. The smallest absolute Gasteiger partial charge is 0.293 e. The number of ether oxygens (including phenoxy) is 1. The number of carbonyl (C=O) groups excluding carboxylic acids is 2. The second-order valence-electron chi connectivity index (χ2n) is 3.82. The molecule has 0 aliphatic rings. The molecule has 0 atom stereocenters. The Bertz CT molecular complexity index is 166. The van der Waals surface area contributed by atoms with Gasteiger partial charge in [-0.05, 0) is 6.42 Å². The van der Waals surface area contributed by atoms with E-state index in [1.165, 1.54) is 32.1 Å². The highest BCUT2D eigenvalue weighted by Crippen LogP contribution is 2.08. The Hall–Kier alpha value is -0.860. The molecule has 0 saturated carbocycles. The molecule has 0 amide bonds. The summed E-state index contributed by atoms with van der Waals surface area (Å²) >= 11 is 0. The molecular formula is C12H22O3. The van der Waals surface area contributed by atoms with Gasteiger partial charge >= 0.3 is 0 Å². The summed E-state index contributed by atoms with van der Waals surface area (Å²) in [6, 6.07) is 0. The van der Waals surface area contributed by atoms with Gasteiger partial charge in [-0.1, -0.05) is 45.4 Å². The van der Waals surface area contributed by atoms with Crippen LogP contribution >= 0.6 is 0 Å². The van der Waals surface area contributed by atoms with Gasteiger partial charge in [0.2, 0.25) is 0 Å². The van der Waals surface area contributed by atoms with Crippen LogP contribution in [0, 0.1) is 0 Å². The number of carbonyl (C=O) groups is 2. The van der Waals surface area contributed by atoms with Crippen molar-refractivity contribution in [3.63, 3.8) is 0 Å². The normalized spacial score (nSPS) is 9.93. The van der Waals surface area contributed by atoms with Crippen molar-refractivity contribution in [3.8, 4) is 0 Å². The van der Waals surface area contributed by atoms with E-state index in [4.69, 9.17) is 0 Å². The SMILES string of the molecule is CCCCCCCCCC(=O)COC=O. The topological polar surface area (TPSA) is 43.4 Å². The van der Waals surface area contributed by atoms with E-state index in [1.807, 2.05) is 0 Å². The molecule has 0 aromatic carbocycles. The van der Waals surface area contributed by atoms with Crippen LogP contribution in [-0.2, 0) is 14.3 Å². The Kier molecular flexibility index (Phi) is 10.6. The summed E-state index contributed by atoms with van der Waals surface area (Å²) in [7, 11) is 0. The highest BCUT2D eigenvalue weighted by atomic mass is 16.5. The van der Waals surface area contributed by atoms with E-state index in [9.17, 15) is 9.59 Å². The van der Waals surface area contributed by atoms with Crippen LogP contribution in [0.3, 0.4) is 0 Å². The van der Waals surface area contributed by atoms with E-state index < -0.39 is 0 Å². The van der Waals surface area contributed by atoms with Crippen LogP contribution in [0.25, 0.3) is 0 Å². The molecule has 0 radical (unpaired) electrons. The van der Waals surface area contributed by atoms with Crippen molar-refractivity contribution in [1.82, 2.24) is 0 Å². The summed E-state index contributed by atoms with van der Waals surface area (Å²) in [6.45, 7) is 2.47. The zero-order chi connectivity index (χ0) is 11.4. The lowest BCUT2D eigenvalue weighted by Crippen LogP contribution is -2.07. The Morgan fingerprint density at radius 1 is 1.07 bits per heavy atom. The van der Waals surface area contributed by atoms with Crippen LogP contribution in [0.1, 0.15) is 58.3 Å². The van der Waals surface area contributed by atoms with Crippen LogP contribution in [0.4, 0.5) is 0 Å². The van der Waals surface area contributed by atoms with Gasteiger partial charge in [-0.2, -0.15) is 0 Å². The average Bonchev–Trinajstić information content (AvgIpc) is 2.25. The predicted octanol–water partition coefficient (Wildman–Crippen LogP) is 2.87. The van der Waals surface area contributed by atoms with Crippen molar-refractivity contribution in [2.45, 2.75) is 58.3 Å². The van der Waals surface area contributed by atoms with E-state index in [-0.39, 0.29) is 12.4 Å².